The number of nitrogens with zero attached hydrogens (tertiary/aromatic N) is 2. The highest BCUT2D eigenvalue weighted by atomic mass is 16.5. The van der Waals surface area contributed by atoms with Crippen LogP contribution in [-0.2, 0) is 4.74 Å². The number of hydrogen-bond acceptors (Lipinski definition) is 4. The van der Waals surface area contributed by atoms with Crippen molar-refractivity contribution in [1.82, 2.24) is 4.90 Å². The van der Waals surface area contributed by atoms with Crippen molar-refractivity contribution in [2.24, 2.45) is 0 Å². The van der Waals surface area contributed by atoms with Gasteiger partial charge in [-0.15, -0.1) is 0 Å². The molecule has 2 rings (SSSR count). The van der Waals surface area contributed by atoms with Crippen molar-refractivity contribution >= 4 is 11.7 Å². The van der Waals surface area contributed by atoms with Gasteiger partial charge < -0.3 is 14.5 Å². The summed E-state index contributed by atoms with van der Waals surface area (Å²) in [4.78, 5) is 16.9. The third-order valence-corrected chi connectivity index (χ3v) is 4.71. The van der Waals surface area contributed by atoms with Crippen molar-refractivity contribution in [2.75, 3.05) is 38.7 Å². The maximum atomic E-state index is 12.0. The van der Waals surface area contributed by atoms with E-state index < -0.39 is 0 Å². The number of benzene rings is 1. The quantitative estimate of drug-likeness (QED) is 0.801. The molecule has 122 valence electrons. The van der Waals surface area contributed by atoms with E-state index in [0.29, 0.717) is 11.6 Å². The molecule has 0 spiro atoms. The number of carbonyl (C=O) groups is 1. The number of aryl methyl sites for hydroxylation is 1. The van der Waals surface area contributed by atoms with Crippen LogP contribution in [0.15, 0.2) is 12.1 Å². The van der Waals surface area contributed by atoms with Crippen LogP contribution < -0.4 is 4.90 Å². The number of likely N-dealkylation sites (tertiary alicyclic amines) is 1. The molecule has 1 aliphatic heterocycles. The molecule has 4 heteroatoms. The number of anilines is 1. The Hall–Kier alpha value is -1.55. The van der Waals surface area contributed by atoms with E-state index in [2.05, 4.69) is 29.8 Å². The van der Waals surface area contributed by atoms with Crippen LogP contribution in [0.4, 0.5) is 5.69 Å². The van der Waals surface area contributed by atoms with E-state index in [9.17, 15) is 4.79 Å². The van der Waals surface area contributed by atoms with E-state index in [1.165, 1.54) is 25.6 Å². The van der Waals surface area contributed by atoms with Crippen molar-refractivity contribution in [3.05, 3.63) is 28.8 Å². The van der Waals surface area contributed by atoms with Crippen LogP contribution in [0.25, 0.3) is 0 Å². The largest absolute Gasteiger partial charge is 0.465 e. The minimum atomic E-state index is -0.248. The molecule has 22 heavy (non-hydrogen) atoms. The Balaban J connectivity index is 2.36. The standard InChI is InChI=1S/C18H28N2O2/c1-6-20(15-7-9-19(4)10-8-15)17-12-13(2)11-16(14(17)3)18(21)22-5/h11-12,15H,6-10H2,1-5H3. The highest BCUT2D eigenvalue weighted by Gasteiger charge is 2.25. The monoisotopic (exact) mass is 304 g/mol. The van der Waals surface area contributed by atoms with Crippen LogP contribution in [0.2, 0.25) is 0 Å². The van der Waals surface area contributed by atoms with Gasteiger partial charge in [-0.25, -0.2) is 4.79 Å². The van der Waals surface area contributed by atoms with Gasteiger partial charge in [-0.2, -0.15) is 0 Å². The molecule has 0 unspecified atom stereocenters. The first kappa shape index (κ1) is 16.8. The Kier molecular flexibility index (Phi) is 5.46. The van der Waals surface area contributed by atoms with Gasteiger partial charge in [0.2, 0.25) is 0 Å². The first-order valence-electron chi connectivity index (χ1n) is 8.12. The molecule has 1 fully saturated rings. The third-order valence-electron chi connectivity index (χ3n) is 4.71. The number of carbonyl (C=O) groups excluding carboxylic acids is 1. The molecule has 1 aromatic rings. The molecular weight excluding hydrogens is 276 g/mol. The first-order chi connectivity index (χ1) is 10.5. The molecule has 1 saturated heterocycles. The van der Waals surface area contributed by atoms with Crippen molar-refractivity contribution in [3.8, 4) is 0 Å². The number of methoxy groups -OCH3 is 1. The zero-order valence-corrected chi connectivity index (χ0v) is 14.5. The molecular formula is C18H28N2O2. The van der Waals surface area contributed by atoms with Gasteiger partial charge in [0.15, 0.2) is 0 Å². The minimum absolute atomic E-state index is 0.248. The van der Waals surface area contributed by atoms with Crippen LogP contribution in [0, 0.1) is 13.8 Å². The summed E-state index contributed by atoms with van der Waals surface area (Å²) in [5.41, 5.74) is 3.99. The summed E-state index contributed by atoms with van der Waals surface area (Å²) >= 11 is 0. The Morgan fingerprint density at radius 3 is 2.50 bits per heavy atom. The number of hydrogen-bond donors (Lipinski definition) is 0. The molecule has 0 saturated carbocycles. The molecule has 0 amide bonds. The summed E-state index contributed by atoms with van der Waals surface area (Å²) in [6, 6.07) is 4.67. The topological polar surface area (TPSA) is 32.8 Å². The molecule has 0 N–H and O–H groups in total. The van der Waals surface area contributed by atoms with Gasteiger partial charge in [0.05, 0.1) is 12.7 Å². The average molecular weight is 304 g/mol. The van der Waals surface area contributed by atoms with Crippen molar-refractivity contribution < 1.29 is 9.53 Å². The molecule has 1 heterocycles. The van der Waals surface area contributed by atoms with Gasteiger partial charge in [-0.3, -0.25) is 0 Å². The maximum Gasteiger partial charge on any atom is 0.338 e. The highest BCUT2D eigenvalue weighted by Crippen LogP contribution is 2.30. The second-order valence-electron chi connectivity index (χ2n) is 6.27. The van der Waals surface area contributed by atoms with E-state index >= 15 is 0 Å². The summed E-state index contributed by atoms with van der Waals surface area (Å²) in [7, 11) is 3.62. The number of piperidine rings is 1. The average Bonchev–Trinajstić information content (AvgIpc) is 2.52. The molecule has 1 aromatic carbocycles. The third kappa shape index (κ3) is 3.43. The summed E-state index contributed by atoms with van der Waals surface area (Å²) < 4.78 is 4.94. The Labute approximate surface area is 134 Å². The predicted molar refractivity (Wildman–Crippen MR) is 90.8 cm³/mol. The summed E-state index contributed by atoms with van der Waals surface area (Å²) in [5.74, 6) is -0.248. The summed E-state index contributed by atoms with van der Waals surface area (Å²) in [6.45, 7) is 9.49. The highest BCUT2D eigenvalue weighted by molar-refractivity contribution is 5.93. The fraction of sp³-hybridized carbons (Fsp3) is 0.611. The van der Waals surface area contributed by atoms with E-state index in [1.807, 2.05) is 19.9 Å². The summed E-state index contributed by atoms with van der Waals surface area (Å²) in [6.07, 6.45) is 2.34. The second kappa shape index (κ2) is 7.14. The Morgan fingerprint density at radius 1 is 1.32 bits per heavy atom. The lowest BCUT2D eigenvalue weighted by molar-refractivity contribution is 0.0600. The SMILES string of the molecule is CCN(c1cc(C)cc(C(=O)OC)c1C)C1CCN(C)CC1. The van der Waals surface area contributed by atoms with Crippen LogP contribution in [0.5, 0.6) is 0 Å². The van der Waals surface area contributed by atoms with Crippen molar-refractivity contribution in [1.29, 1.82) is 0 Å². The molecule has 0 atom stereocenters. The lowest BCUT2D eigenvalue weighted by Crippen LogP contribution is -2.44. The molecule has 0 bridgehead atoms. The normalized spacial score (nSPS) is 16.6. The first-order valence-corrected chi connectivity index (χ1v) is 8.12. The van der Waals surface area contributed by atoms with Gasteiger partial charge in [0.1, 0.15) is 0 Å². The van der Waals surface area contributed by atoms with E-state index in [0.717, 1.165) is 30.8 Å². The fourth-order valence-electron chi connectivity index (χ4n) is 3.39. The van der Waals surface area contributed by atoms with Crippen molar-refractivity contribution in [3.63, 3.8) is 0 Å². The van der Waals surface area contributed by atoms with E-state index in [4.69, 9.17) is 4.74 Å². The van der Waals surface area contributed by atoms with Gasteiger partial charge in [-0.1, -0.05) is 0 Å². The van der Waals surface area contributed by atoms with Crippen LogP contribution in [0.1, 0.15) is 41.3 Å². The zero-order valence-electron chi connectivity index (χ0n) is 14.5. The van der Waals surface area contributed by atoms with Gasteiger partial charge in [-0.05, 0) is 77.0 Å². The number of esters is 1. The van der Waals surface area contributed by atoms with Crippen LogP contribution >= 0.6 is 0 Å². The molecule has 4 nitrogen and oxygen atoms in total. The van der Waals surface area contributed by atoms with Gasteiger partial charge in [0, 0.05) is 18.3 Å². The predicted octanol–water partition coefficient (Wildman–Crippen LogP) is 3.01. The van der Waals surface area contributed by atoms with Gasteiger partial charge in [0.25, 0.3) is 0 Å². The molecule has 1 aliphatic rings. The molecule has 0 radical (unpaired) electrons. The molecule has 0 aromatic heterocycles. The lowest BCUT2D eigenvalue weighted by Gasteiger charge is -2.39. The van der Waals surface area contributed by atoms with Crippen molar-refractivity contribution in [2.45, 2.75) is 39.7 Å². The number of rotatable bonds is 4. The van der Waals surface area contributed by atoms with E-state index in [1.54, 1.807) is 0 Å². The fourth-order valence-corrected chi connectivity index (χ4v) is 3.39. The maximum absolute atomic E-state index is 12.0. The minimum Gasteiger partial charge on any atom is -0.465 e. The number of ether oxygens (including phenoxy) is 1. The second-order valence-corrected chi connectivity index (χ2v) is 6.27. The Morgan fingerprint density at radius 2 is 1.95 bits per heavy atom. The smallest absolute Gasteiger partial charge is 0.338 e. The van der Waals surface area contributed by atoms with Crippen LogP contribution in [-0.4, -0.2) is 50.7 Å². The molecule has 0 aliphatic carbocycles. The van der Waals surface area contributed by atoms with Gasteiger partial charge >= 0.3 is 5.97 Å². The Bertz CT molecular complexity index is 534. The van der Waals surface area contributed by atoms with Crippen LogP contribution in [0.3, 0.4) is 0 Å². The lowest BCUT2D eigenvalue weighted by atomic mass is 9.98. The van der Waals surface area contributed by atoms with E-state index in [-0.39, 0.29) is 5.97 Å². The zero-order chi connectivity index (χ0) is 16.3. The summed E-state index contributed by atoms with van der Waals surface area (Å²) in [5, 5.41) is 0.